The Morgan fingerprint density at radius 1 is 1.00 bits per heavy atom. The van der Waals surface area contributed by atoms with E-state index in [0.717, 1.165) is 23.8 Å². The summed E-state index contributed by atoms with van der Waals surface area (Å²) in [5.41, 5.74) is 1.69. The number of rotatable bonds is 8. The molecule has 0 saturated carbocycles. The summed E-state index contributed by atoms with van der Waals surface area (Å²) >= 11 is 0. The van der Waals surface area contributed by atoms with Gasteiger partial charge >= 0.3 is 5.97 Å². The Labute approximate surface area is 210 Å². The van der Waals surface area contributed by atoms with Gasteiger partial charge in [0.2, 0.25) is 15.9 Å². The number of carbonyl (C=O) groups excluding carboxylic acids is 1. The van der Waals surface area contributed by atoms with E-state index in [4.69, 9.17) is 9.84 Å². The highest BCUT2D eigenvalue weighted by Crippen LogP contribution is 2.39. The number of hydrogen-bond acceptors (Lipinski definition) is 5. The highest BCUT2D eigenvalue weighted by atomic mass is 32.2. The molecule has 3 aromatic rings. The third kappa shape index (κ3) is 5.75. The molecule has 8 nitrogen and oxygen atoms in total. The number of aliphatic carboxylic acids is 1. The molecule has 4 rings (SSSR count). The maximum absolute atomic E-state index is 14.3. The molecule has 0 saturated heterocycles. The fourth-order valence-electron chi connectivity index (χ4n) is 4.16. The van der Waals surface area contributed by atoms with Crippen molar-refractivity contribution in [2.75, 3.05) is 19.7 Å². The number of nitrogens with one attached hydrogen (secondary N) is 1. The summed E-state index contributed by atoms with van der Waals surface area (Å²) in [6.45, 7) is -1.28. The summed E-state index contributed by atoms with van der Waals surface area (Å²) in [6.07, 6.45) is 0.426. The summed E-state index contributed by atoms with van der Waals surface area (Å²) in [5.74, 6) is -5.11. The quantitative estimate of drug-likeness (QED) is 0.460. The number of fused-ring (bicyclic) bond motifs is 1. The van der Waals surface area contributed by atoms with E-state index in [-0.39, 0.29) is 17.9 Å². The number of hydrogen-bond donors (Lipinski definition) is 2. The molecule has 194 valence electrons. The van der Waals surface area contributed by atoms with Gasteiger partial charge in [0.25, 0.3) is 0 Å². The van der Waals surface area contributed by atoms with Crippen molar-refractivity contribution in [2.45, 2.75) is 17.4 Å². The number of carboxylic acid groups (broad SMARTS) is 1. The van der Waals surface area contributed by atoms with Gasteiger partial charge in [-0.25, -0.2) is 31.1 Å². The molecular formula is C25H21F3N2O6S. The zero-order valence-electron chi connectivity index (χ0n) is 19.2. The molecule has 0 spiro atoms. The number of halogens is 3. The Balaban J connectivity index is 1.66. The van der Waals surface area contributed by atoms with Gasteiger partial charge in [-0.15, -0.1) is 0 Å². The smallest absolute Gasteiger partial charge is 0.341 e. The zero-order chi connectivity index (χ0) is 26.7. The monoisotopic (exact) mass is 534 g/mol. The van der Waals surface area contributed by atoms with E-state index in [2.05, 4.69) is 4.72 Å². The van der Waals surface area contributed by atoms with Gasteiger partial charge < -0.3 is 14.7 Å². The van der Waals surface area contributed by atoms with Crippen LogP contribution in [-0.4, -0.2) is 50.0 Å². The lowest BCUT2D eigenvalue weighted by atomic mass is 9.87. The third-order valence-electron chi connectivity index (χ3n) is 5.84. The number of benzene rings is 3. The van der Waals surface area contributed by atoms with E-state index >= 15 is 0 Å². The van der Waals surface area contributed by atoms with Gasteiger partial charge in [0.05, 0.1) is 17.5 Å². The Morgan fingerprint density at radius 2 is 1.76 bits per heavy atom. The van der Waals surface area contributed by atoms with E-state index in [9.17, 15) is 31.2 Å². The van der Waals surface area contributed by atoms with Gasteiger partial charge in [0.1, 0.15) is 11.6 Å². The first kappa shape index (κ1) is 26.2. The van der Waals surface area contributed by atoms with Gasteiger partial charge in [-0.05, 0) is 53.9 Å². The first-order valence-electron chi connectivity index (χ1n) is 11.0. The number of amides is 1. The van der Waals surface area contributed by atoms with E-state index in [0.29, 0.717) is 24.1 Å². The van der Waals surface area contributed by atoms with Crippen LogP contribution in [-0.2, 0) is 26.0 Å². The lowest BCUT2D eigenvalue weighted by Gasteiger charge is -2.38. The number of ether oxygens (including phenoxy) is 1. The largest absolute Gasteiger partial charge is 0.482 e. The van der Waals surface area contributed by atoms with Crippen LogP contribution in [0, 0.1) is 17.5 Å². The van der Waals surface area contributed by atoms with Crippen LogP contribution in [0.25, 0.3) is 0 Å². The van der Waals surface area contributed by atoms with Gasteiger partial charge in [-0.3, -0.25) is 4.79 Å². The van der Waals surface area contributed by atoms with Crippen molar-refractivity contribution in [2.24, 2.45) is 0 Å². The first-order valence-corrected chi connectivity index (χ1v) is 12.5. The highest BCUT2D eigenvalue weighted by molar-refractivity contribution is 7.89. The second-order valence-electron chi connectivity index (χ2n) is 8.20. The molecule has 1 amide bonds. The van der Waals surface area contributed by atoms with E-state index in [1.807, 2.05) is 6.07 Å². The van der Waals surface area contributed by atoms with Crippen LogP contribution >= 0.6 is 0 Å². The van der Waals surface area contributed by atoms with Crippen molar-refractivity contribution >= 4 is 21.9 Å². The average Bonchev–Trinajstić information content (AvgIpc) is 2.87. The first-order chi connectivity index (χ1) is 17.6. The molecule has 2 N–H and O–H groups in total. The standard InChI is InChI=1S/C25H21F3N2O6S/c26-16-5-8-22(36-14-24(32)33)19(11-16)25-18-4-2-1-3-15(18)9-10-30(25)23(31)13-29-37(34,35)17-6-7-20(27)21(28)12-17/h1-8,11-12,25,29H,9-10,13-14H2,(H,32,33). The topological polar surface area (TPSA) is 113 Å². The van der Waals surface area contributed by atoms with Crippen LogP contribution < -0.4 is 9.46 Å². The number of sulfonamides is 1. The molecule has 0 aliphatic carbocycles. The minimum Gasteiger partial charge on any atom is -0.482 e. The number of carboxylic acids is 1. The molecule has 1 atom stereocenters. The fraction of sp³-hybridized carbons (Fsp3) is 0.200. The normalized spacial score (nSPS) is 15.2. The van der Waals surface area contributed by atoms with Crippen molar-refractivity contribution in [1.82, 2.24) is 9.62 Å². The van der Waals surface area contributed by atoms with Crippen LogP contribution in [0.5, 0.6) is 5.75 Å². The van der Waals surface area contributed by atoms with Crippen molar-refractivity contribution in [3.05, 3.63) is 94.8 Å². The molecule has 1 heterocycles. The van der Waals surface area contributed by atoms with Crippen molar-refractivity contribution < 1.29 is 41.0 Å². The molecule has 0 radical (unpaired) electrons. The minimum atomic E-state index is -4.36. The summed E-state index contributed by atoms with van der Waals surface area (Å²) in [5, 5.41) is 9.03. The third-order valence-corrected chi connectivity index (χ3v) is 7.24. The van der Waals surface area contributed by atoms with Crippen LogP contribution in [0.3, 0.4) is 0 Å². The van der Waals surface area contributed by atoms with Crippen LogP contribution in [0.2, 0.25) is 0 Å². The predicted molar refractivity (Wildman–Crippen MR) is 125 cm³/mol. The lowest BCUT2D eigenvalue weighted by Crippen LogP contribution is -2.45. The second kappa shape index (κ2) is 10.6. The molecule has 1 aliphatic heterocycles. The Kier molecular flexibility index (Phi) is 7.50. The van der Waals surface area contributed by atoms with E-state index < -0.39 is 63.4 Å². The summed E-state index contributed by atoms with van der Waals surface area (Å²) < 4.78 is 73.7. The van der Waals surface area contributed by atoms with Gasteiger partial charge in [0, 0.05) is 12.1 Å². The number of nitrogens with zero attached hydrogens (tertiary/aromatic N) is 1. The maximum Gasteiger partial charge on any atom is 0.341 e. The molecule has 0 fully saturated rings. The number of carbonyl (C=O) groups is 2. The van der Waals surface area contributed by atoms with Crippen molar-refractivity contribution in [3.8, 4) is 5.75 Å². The molecule has 37 heavy (non-hydrogen) atoms. The highest BCUT2D eigenvalue weighted by Gasteiger charge is 2.34. The van der Waals surface area contributed by atoms with Crippen molar-refractivity contribution in [3.63, 3.8) is 0 Å². The molecular weight excluding hydrogens is 513 g/mol. The average molecular weight is 535 g/mol. The molecule has 0 bridgehead atoms. The van der Waals surface area contributed by atoms with Crippen molar-refractivity contribution in [1.29, 1.82) is 0 Å². The van der Waals surface area contributed by atoms with Crippen LogP contribution in [0.15, 0.2) is 65.6 Å². The van der Waals surface area contributed by atoms with Gasteiger partial charge in [0.15, 0.2) is 18.2 Å². The van der Waals surface area contributed by atoms with Crippen LogP contribution in [0.4, 0.5) is 13.2 Å². The SMILES string of the molecule is O=C(O)COc1ccc(F)cc1C1c2ccccc2CCN1C(=O)CNS(=O)(=O)c1ccc(F)c(F)c1. The van der Waals surface area contributed by atoms with Gasteiger partial charge in [-0.2, -0.15) is 0 Å². The second-order valence-corrected chi connectivity index (χ2v) is 9.97. The molecule has 1 aliphatic rings. The Bertz CT molecular complexity index is 1460. The molecule has 0 aromatic heterocycles. The van der Waals surface area contributed by atoms with E-state index in [1.165, 1.54) is 11.0 Å². The Morgan fingerprint density at radius 3 is 2.49 bits per heavy atom. The molecule has 1 unspecified atom stereocenters. The van der Waals surface area contributed by atoms with Crippen LogP contribution in [0.1, 0.15) is 22.7 Å². The minimum absolute atomic E-state index is 0.0469. The molecule has 12 heteroatoms. The summed E-state index contributed by atoms with van der Waals surface area (Å²) in [4.78, 5) is 25.1. The van der Waals surface area contributed by atoms with Gasteiger partial charge in [-0.1, -0.05) is 24.3 Å². The summed E-state index contributed by atoms with van der Waals surface area (Å²) in [7, 11) is -4.36. The summed E-state index contributed by atoms with van der Waals surface area (Å²) in [6, 6.07) is 11.7. The lowest BCUT2D eigenvalue weighted by molar-refractivity contribution is -0.139. The Hall–Kier alpha value is -3.90. The van der Waals surface area contributed by atoms with E-state index in [1.54, 1.807) is 18.2 Å². The zero-order valence-corrected chi connectivity index (χ0v) is 20.0. The predicted octanol–water partition coefficient (Wildman–Crippen LogP) is 3.02. The molecule has 3 aromatic carbocycles. The fourth-order valence-corrected chi connectivity index (χ4v) is 5.15. The maximum atomic E-state index is 14.3.